The predicted octanol–water partition coefficient (Wildman–Crippen LogP) is 4.78. The van der Waals surface area contributed by atoms with E-state index < -0.39 is 5.82 Å². The van der Waals surface area contributed by atoms with E-state index in [1.807, 2.05) is 6.07 Å². The monoisotopic (exact) mass is 365 g/mol. The third-order valence-electron chi connectivity index (χ3n) is 5.35. The van der Waals surface area contributed by atoms with Crippen LogP contribution < -0.4 is 15.5 Å². The van der Waals surface area contributed by atoms with Crippen molar-refractivity contribution in [3.63, 3.8) is 0 Å². The minimum atomic E-state index is -0.398. The molecule has 2 aromatic rings. The van der Waals surface area contributed by atoms with E-state index in [1.165, 1.54) is 30.2 Å². The van der Waals surface area contributed by atoms with Crippen molar-refractivity contribution in [3.05, 3.63) is 59.5 Å². The Morgan fingerprint density at radius 1 is 1.30 bits per heavy atom. The molecule has 1 amide bonds. The molecule has 2 aliphatic heterocycles. The molecule has 0 aromatic heterocycles. The summed E-state index contributed by atoms with van der Waals surface area (Å²) in [5.41, 5.74) is 4.48. The van der Waals surface area contributed by atoms with Crippen LogP contribution in [0.15, 0.2) is 42.6 Å². The molecule has 1 fully saturated rings. The lowest BCUT2D eigenvalue weighted by atomic mass is 9.99. The highest BCUT2D eigenvalue weighted by molar-refractivity contribution is 6.31. The van der Waals surface area contributed by atoms with Crippen molar-refractivity contribution in [2.75, 3.05) is 28.6 Å². The highest BCUT2D eigenvalue weighted by Crippen LogP contribution is 2.34. The summed E-state index contributed by atoms with van der Waals surface area (Å²) in [5.74, 6) is 0.0272. The number of amides is 1. The molecule has 4 nitrogen and oxygen atoms in total. The Morgan fingerprint density at radius 2 is 2.15 bits per heavy atom. The van der Waals surface area contributed by atoms with Gasteiger partial charge in [-0.2, -0.15) is 0 Å². The van der Waals surface area contributed by atoms with Gasteiger partial charge < -0.3 is 15.5 Å². The Hall–Kier alpha value is -2.82. The van der Waals surface area contributed by atoms with Crippen LogP contribution in [0, 0.1) is 18.7 Å². The fourth-order valence-electron chi connectivity index (χ4n) is 4.01. The van der Waals surface area contributed by atoms with E-state index in [0.717, 1.165) is 24.7 Å². The first-order chi connectivity index (χ1) is 13.0. The number of nitrogens with one attached hydrogen (secondary N) is 2. The van der Waals surface area contributed by atoms with Gasteiger partial charge in [0.25, 0.3) is 5.91 Å². The Balaban J connectivity index is 1.55. The van der Waals surface area contributed by atoms with Gasteiger partial charge in [-0.1, -0.05) is 13.0 Å². The lowest BCUT2D eigenvalue weighted by Crippen LogP contribution is -2.34. The maximum absolute atomic E-state index is 14.1. The summed E-state index contributed by atoms with van der Waals surface area (Å²) in [6, 6.07) is 10.9. The maximum Gasteiger partial charge on any atom is 0.257 e. The van der Waals surface area contributed by atoms with E-state index in [4.69, 9.17) is 0 Å². The van der Waals surface area contributed by atoms with Gasteiger partial charge in [-0.3, -0.25) is 4.79 Å². The average Bonchev–Trinajstić information content (AvgIpc) is 2.96. The molecule has 5 heteroatoms. The van der Waals surface area contributed by atoms with E-state index in [1.54, 1.807) is 18.3 Å². The summed E-state index contributed by atoms with van der Waals surface area (Å²) >= 11 is 0. The molecule has 0 bridgehead atoms. The van der Waals surface area contributed by atoms with Gasteiger partial charge in [0, 0.05) is 36.2 Å². The first-order valence-electron chi connectivity index (χ1n) is 9.45. The van der Waals surface area contributed by atoms with Crippen LogP contribution in [-0.2, 0) is 4.79 Å². The van der Waals surface area contributed by atoms with Crippen LogP contribution >= 0.6 is 0 Å². The van der Waals surface area contributed by atoms with Crippen LogP contribution in [0.5, 0.6) is 0 Å². The third kappa shape index (κ3) is 3.42. The number of hydrogen-bond acceptors (Lipinski definition) is 3. The van der Waals surface area contributed by atoms with Crippen molar-refractivity contribution in [2.24, 2.45) is 5.92 Å². The summed E-state index contributed by atoms with van der Waals surface area (Å²) < 4.78 is 14.1. The van der Waals surface area contributed by atoms with E-state index in [2.05, 4.69) is 41.5 Å². The third-order valence-corrected chi connectivity index (χ3v) is 5.35. The SMILES string of the molecule is Cc1cc(NC=C2C(=O)Nc3cccc(F)c32)ccc1N1CCCC(C)C1. The summed E-state index contributed by atoms with van der Waals surface area (Å²) in [6.45, 7) is 6.59. The summed E-state index contributed by atoms with van der Waals surface area (Å²) in [6.07, 6.45) is 4.11. The highest BCUT2D eigenvalue weighted by Gasteiger charge is 2.27. The fraction of sp³-hybridized carbons (Fsp3) is 0.318. The number of rotatable bonds is 3. The molecule has 2 aromatic carbocycles. The average molecular weight is 365 g/mol. The Kier molecular flexibility index (Phi) is 4.60. The molecule has 140 valence electrons. The second-order valence-electron chi connectivity index (χ2n) is 7.51. The quantitative estimate of drug-likeness (QED) is 0.770. The molecule has 1 atom stereocenters. The van der Waals surface area contributed by atoms with Crippen molar-refractivity contribution in [3.8, 4) is 0 Å². The van der Waals surface area contributed by atoms with E-state index in [9.17, 15) is 9.18 Å². The van der Waals surface area contributed by atoms with E-state index >= 15 is 0 Å². The van der Waals surface area contributed by atoms with Crippen LogP contribution in [0.2, 0.25) is 0 Å². The Bertz CT molecular complexity index is 922. The van der Waals surface area contributed by atoms with E-state index in [0.29, 0.717) is 16.8 Å². The van der Waals surface area contributed by atoms with Gasteiger partial charge in [0.2, 0.25) is 0 Å². The lowest BCUT2D eigenvalue weighted by Gasteiger charge is -2.34. The van der Waals surface area contributed by atoms with Gasteiger partial charge in [-0.25, -0.2) is 4.39 Å². The Morgan fingerprint density at radius 3 is 2.93 bits per heavy atom. The maximum atomic E-state index is 14.1. The Labute approximate surface area is 159 Å². The number of carbonyl (C=O) groups excluding carboxylic acids is 1. The van der Waals surface area contributed by atoms with Crippen molar-refractivity contribution < 1.29 is 9.18 Å². The van der Waals surface area contributed by atoms with Crippen LogP contribution in [0.1, 0.15) is 30.9 Å². The van der Waals surface area contributed by atoms with Crippen molar-refractivity contribution in [1.82, 2.24) is 0 Å². The fourth-order valence-corrected chi connectivity index (χ4v) is 4.01. The normalized spacial score (nSPS) is 20.6. The molecule has 0 aliphatic carbocycles. The predicted molar refractivity (Wildman–Crippen MR) is 108 cm³/mol. The van der Waals surface area contributed by atoms with Crippen LogP contribution in [0.4, 0.5) is 21.5 Å². The summed E-state index contributed by atoms with van der Waals surface area (Å²) in [7, 11) is 0. The topological polar surface area (TPSA) is 44.4 Å². The molecule has 0 spiro atoms. The number of nitrogens with zero attached hydrogens (tertiary/aromatic N) is 1. The van der Waals surface area contributed by atoms with Gasteiger partial charge in [0.1, 0.15) is 5.82 Å². The molecular formula is C22H24FN3O. The van der Waals surface area contributed by atoms with Gasteiger partial charge in [0.15, 0.2) is 0 Å². The van der Waals surface area contributed by atoms with Crippen LogP contribution in [0.25, 0.3) is 5.57 Å². The first-order valence-corrected chi connectivity index (χ1v) is 9.45. The molecular weight excluding hydrogens is 341 g/mol. The molecule has 0 saturated carbocycles. The molecule has 4 rings (SSSR count). The van der Waals surface area contributed by atoms with Crippen molar-refractivity contribution >= 4 is 28.5 Å². The molecule has 1 saturated heterocycles. The number of piperidine rings is 1. The lowest BCUT2D eigenvalue weighted by molar-refractivity contribution is -0.110. The standard InChI is InChI=1S/C22H24FN3O/c1-14-5-4-10-26(13-14)20-9-8-16(11-15(20)2)24-12-17-21-18(23)6-3-7-19(21)25-22(17)27/h3,6-9,11-12,14,24H,4-5,10,13H2,1-2H3,(H,25,27). The number of aryl methyl sites for hydroxylation is 1. The minimum Gasteiger partial charge on any atom is -0.371 e. The molecule has 2 N–H and O–H groups in total. The molecule has 0 radical (unpaired) electrons. The number of anilines is 3. The minimum absolute atomic E-state index is 0.293. The number of carbonyl (C=O) groups is 1. The van der Waals surface area contributed by atoms with Gasteiger partial charge in [-0.15, -0.1) is 0 Å². The number of hydrogen-bond donors (Lipinski definition) is 2. The van der Waals surface area contributed by atoms with E-state index in [-0.39, 0.29) is 5.91 Å². The number of halogens is 1. The summed E-state index contributed by atoms with van der Waals surface area (Å²) in [5, 5.41) is 5.86. The zero-order valence-electron chi connectivity index (χ0n) is 15.7. The largest absolute Gasteiger partial charge is 0.371 e. The van der Waals surface area contributed by atoms with Crippen molar-refractivity contribution in [1.29, 1.82) is 0 Å². The highest BCUT2D eigenvalue weighted by atomic mass is 19.1. The first kappa shape index (κ1) is 17.6. The van der Waals surface area contributed by atoms with Gasteiger partial charge >= 0.3 is 0 Å². The zero-order chi connectivity index (χ0) is 19.0. The van der Waals surface area contributed by atoms with Crippen LogP contribution in [-0.4, -0.2) is 19.0 Å². The molecule has 1 unspecified atom stereocenters. The smallest absolute Gasteiger partial charge is 0.257 e. The molecule has 27 heavy (non-hydrogen) atoms. The second kappa shape index (κ2) is 7.06. The molecule has 2 heterocycles. The zero-order valence-corrected chi connectivity index (χ0v) is 15.7. The van der Waals surface area contributed by atoms with Crippen molar-refractivity contribution in [2.45, 2.75) is 26.7 Å². The summed E-state index contributed by atoms with van der Waals surface area (Å²) in [4.78, 5) is 14.6. The van der Waals surface area contributed by atoms with Gasteiger partial charge in [-0.05, 0) is 61.6 Å². The second-order valence-corrected chi connectivity index (χ2v) is 7.51. The number of fused-ring (bicyclic) bond motifs is 1. The van der Waals surface area contributed by atoms with Crippen LogP contribution in [0.3, 0.4) is 0 Å². The molecule has 2 aliphatic rings. The number of benzene rings is 2. The van der Waals surface area contributed by atoms with Gasteiger partial charge in [0.05, 0.1) is 11.3 Å².